The van der Waals surface area contributed by atoms with Crippen LogP contribution >= 0.6 is 0 Å². The fourth-order valence-corrected chi connectivity index (χ4v) is 1.62. The van der Waals surface area contributed by atoms with Crippen molar-refractivity contribution in [2.45, 2.75) is 32.2 Å². The molecule has 1 aromatic heterocycles. The molecular weight excluding hydrogens is 246 g/mol. The molecule has 0 aromatic carbocycles. The van der Waals surface area contributed by atoms with Crippen molar-refractivity contribution in [2.75, 3.05) is 0 Å². The first-order chi connectivity index (χ1) is 9.02. The first-order valence-electron chi connectivity index (χ1n) is 6.13. The quantitative estimate of drug-likeness (QED) is 0.717. The Balaban J connectivity index is 2.42. The van der Waals surface area contributed by atoms with E-state index in [1.807, 2.05) is 13.1 Å². The number of rotatable bonds is 7. The summed E-state index contributed by atoms with van der Waals surface area (Å²) < 4.78 is 1.67. The van der Waals surface area contributed by atoms with E-state index in [-0.39, 0.29) is 12.3 Å². The van der Waals surface area contributed by atoms with Gasteiger partial charge in [0.2, 0.25) is 5.91 Å². The number of carboxylic acids is 1. The van der Waals surface area contributed by atoms with Gasteiger partial charge < -0.3 is 10.4 Å². The van der Waals surface area contributed by atoms with Gasteiger partial charge in [-0.15, -0.1) is 0 Å². The first-order valence-corrected chi connectivity index (χ1v) is 6.13. The second kappa shape index (κ2) is 7.35. The fourth-order valence-electron chi connectivity index (χ4n) is 1.62. The van der Waals surface area contributed by atoms with Gasteiger partial charge in [0.15, 0.2) is 0 Å². The molecule has 2 N–H and O–H groups in total. The van der Waals surface area contributed by atoms with Gasteiger partial charge in [-0.25, -0.2) is 4.79 Å². The molecule has 0 bridgehead atoms. The number of nitrogens with zero attached hydrogens (tertiary/aromatic N) is 2. The number of aliphatic carboxylic acids is 1. The average molecular weight is 265 g/mol. The van der Waals surface area contributed by atoms with Crippen molar-refractivity contribution >= 4 is 11.9 Å². The zero-order chi connectivity index (χ0) is 14.3. The third kappa shape index (κ3) is 5.37. The molecule has 1 amide bonds. The summed E-state index contributed by atoms with van der Waals surface area (Å²) in [4.78, 5) is 22.6. The van der Waals surface area contributed by atoms with Gasteiger partial charge in [-0.05, 0) is 25.3 Å². The van der Waals surface area contributed by atoms with Gasteiger partial charge in [-0.1, -0.05) is 12.2 Å². The maximum absolute atomic E-state index is 11.7. The SMILES string of the molecule is C/C=C/CC(NC(=O)CCc1cnn(C)c1)C(=O)O. The highest BCUT2D eigenvalue weighted by molar-refractivity contribution is 5.83. The molecule has 0 fully saturated rings. The zero-order valence-corrected chi connectivity index (χ0v) is 11.2. The number of nitrogens with one attached hydrogen (secondary N) is 1. The van der Waals surface area contributed by atoms with Gasteiger partial charge in [0.05, 0.1) is 6.20 Å². The minimum Gasteiger partial charge on any atom is -0.480 e. The van der Waals surface area contributed by atoms with Gasteiger partial charge in [0, 0.05) is 19.7 Å². The van der Waals surface area contributed by atoms with Crippen molar-refractivity contribution in [2.24, 2.45) is 7.05 Å². The Labute approximate surface area is 112 Å². The van der Waals surface area contributed by atoms with Crippen molar-refractivity contribution in [1.29, 1.82) is 0 Å². The van der Waals surface area contributed by atoms with Crippen molar-refractivity contribution in [3.8, 4) is 0 Å². The van der Waals surface area contributed by atoms with E-state index in [4.69, 9.17) is 5.11 Å². The molecule has 1 heterocycles. The van der Waals surface area contributed by atoms with E-state index >= 15 is 0 Å². The van der Waals surface area contributed by atoms with Gasteiger partial charge in [-0.3, -0.25) is 9.48 Å². The summed E-state index contributed by atoms with van der Waals surface area (Å²) in [5.74, 6) is -1.28. The maximum Gasteiger partial charge on any atom is 0.326 e. The number of amides is 1. The molecule has 0 saturated heterocycles. The number of carbonyl (C=O) groups excluding carboxylic acids is 1. The third-order valence-corrected chi connectivity index (χ3v) is 2.64. The lowest BCUT2D eigenvalue weighted by atomic mass is 10.1. The van der Waals surface area contributed by atoms with Gasteiger partial charge in [-0.2, -0.15) is 5.10 Å². The second-order valence-corrected chi connectivity index (χ2v) is 4.29. The molecule has 6 nitrogen and oxygen atoms in total. The van der Waals surface area contributed by atoms with Gasteiger partial charge in [0.25, 0.3) is 0 Å². The molecule has 0 aliphatic rings. The Morgan fingerprint density at radius 2 is 2.32 bits per heavy atom. The number of aromatic nitrogens is 2. The van der Waals surface area contributed by atoms with Crippen LogP contribution in [0.3, 0.4) is 0 Å². The maximum atomic E-state index is 11.7. The highest BCUT2D eigenvalue weighted by Gasteiger charge is 2.18. The monoisotopic (exact) mass is 265 g/mol. The predicted molar refractivity (Wildman–Crippen MR) is 70.5 cm³/mol. The molecule has 1 aromatic rings. The van der Waals surface area contributed by atoms with Crippen LogP contribution < -0.4 is 5.32 Å². The molecule has 6 heteroatoms. The van der Waals surface area contributed by atoms with E-state index in [1.165, 1.54) is 0 Å². The molecule has 1 atom stereocenters. The van der Waals surface area contributed by atoms with Crippen molar-refractivity contribution in [3.63, 3.8) is 0 Å². The number of carbonyl (C=O) groups is 2. The number of hydrogen-bond acceptors (Lipinski definition) is 3. The number of carboxylic acid groups (broad SMARTS) is 1. The van der Waals surface area contributed by atoms with E-state index in [1.54, 1.807) is 30.1 Å². The van der Waals surface area contributed by atoms with Crippen LogP contribution in [0.4, 0.5) is 0 Å². The Bertz CT molecular complexity index is 465. The van der Waals surface area contributed by atoms with E-state index in [0.29, 0.717) is 12.8 Å². The van der Waals surface area contributed by atoms with E-state index in [0.717, 1.165) is 5.56 Å². The summed E-state index contributed by atoms with van der Waals surface area (Å²) in [5, 5.41) is 15.5. The Hall–Kier alpha value is -2.11. The Morgan fingerprint density at radius 1 is 1.58 bits per heavy atom. The standard InChI is InChI=1S/C13H19N3O3/c1-3-4-5-11(13(18)19)15-12(17)7-6-10-8-14-16(2)9-10/h3-4,8-9,11H,5-7H2,1-2H3,(H,15,17)(H,18,19)/b4-3+. The van der Waals surface area contributed by atoms with Crippen LogP contribution in [-0.4, -0.2) is 32.8 Å². The largest absolute Gasteiger partial charge is 0.480 e. The van der Waals surface area contributed by atoms with E-state index in [9.17, 15) is 9.59 Å². The third-order valence-electron chi connectivity index (χ3n) is 2.64. The van der Waals surface area contributed by atoms with Crippen LogP contribution in [0.2, 0.25) is 0 Å². The molecule has 0 saturated carbocycles. The van der Waals surface area contributed by atoms with Crippen LogP contribution in [0.15, 0.2) is 24.5 Å². The highest BCUT2D eigenvalue weighted by atomic mass is 16.4. The lowest BCUT2D eigenvalue weighted by molar-refractivity contribution is -0.141. The molecule has 19 heavy (non-hydrogen) atoms. The minimum absolute atomic E-state index is 0.255. The predicted octanol–water partition coefficient (Wildman–Crippen LogP) is 0.888. The number of hydrogen-bond donors (Lipinski definition) is 2. The van der Waals surface area contributed by atoms with Crippen LogP contribution in [0.1, 0.15) is 25.3 Å². The molecular formula is C13H19N3O3. The lowest BCUT2D eigenvalue weighted by Crippen LogP contribution is -2.40. The summed E-state index contributed by atoms with van der Waals surface area (Å²) in [7, 11) is 1.81. The summed E-state index contributed by atoms with van der Waals surface area (Å²) in [6.45, 7) is 1.81. The van der Waals surface area contributed by atoms with Crippen molar-refractivity contribution < 1.29 is 14.7 Å². The smallest absolute Gasteiger partial charge is 0.326 e. The van der Waals surface area contributed by atoms with Crippen LogP contribution in [0, 0.1) is 0 Å². The highest BCUT2D eigenvalue weighted by Crippen LogP contribution is 2.02. The molecule has 0 radical (unpaired) electrons. The first kappa shape index (κ1) is 14.9. The fraction of sp³-hybridized carbons (Fsp3) is 0.462. The topological polar surface area (TPSA) is 84.2 Å². The molecule has 1 unspecified atom stereocenters. The Morgan fingerprint density at radius 3 is 2.84 bits per heavy atom. The van der Waals surface area contributed by atoms with Gasteiger partial charge in [0.1, 0.15) is 6.04 Å². The molecule has 0 aliphatic carbocycles. The molecule has 1 rings (SSSR count). The van der Waals surface area contributed by atoms with Crippen LogP contribution in [0.5, 0.6) is 0 Å². The summed E-state index contributed by atoms with van der Waals surface area (Å²) in [6.07, 6.45) is 8.12. The van der Waals surface area contributed by atoms with Crippen molar-refractivity contribution in [3.05, 3.63) is 30.1 Å². The van der Waals surface area contributed by atoms with Crippen LogP contribution in [0.25, 0.3) is 0 Å². The average Bonchev–Trinajstić information content (AvgIpc) is 2.77. The normalized spacial score (nSPS) is 12.5. The Kier molecular flexibility index (Phi) is 5.78. The van der Waals surface area contributed by atoms with Crippen LogP contribution in [-0.2, 0) is 23.1 Å². The summed E-state index contributed by atoms with van der Waals surface area (Å²) in [6, 6.07) is -0.863. The summed E-state index contributed by atoms with van der Waals surface area (Å²) >= 11 is 0. The molecule has 104 valence electrons. The summed E-state index contributed by atoms with van der Waals surface area (Å²) in [5.41, 5.74) is 0.956. The zero-order valence-electron chi connectivity index (χ0n) is 11.2. The minimum atomic E-state index is -1.02. The van der Waals surface area contributed by atoms with E-state index < -0.39 is 12.0 Å². The molecule has 0 aliphatic heterocycles. The number of aryl methyl sites for hydroxylation is 2. The molecule has 0 spiro atoms. The number of allylic oxidation sites excluding steroid dienone is 1. The second-order valence-electron chi connectivity index (χ2n) is 4.29. The van der Waals surface area contributed by atoms with E-state index in [2.05, 4.69) is 10.4 Å². The van der Waals surface area contributed by atoms with Gasteiger partial charge >= 0.3 is 5.97 Å². The lowest BCUT2D eigenvalue weighted by Gasteiger charge is -2.12. The van der Waals surface area contributed by atoms with Crippen molar-refractivity contribution in [1.82, 2.24) is 15.1 Å².